The fraction of sp³-hybridized carbons (Fsp3) is 1.00. The van der Waals surface area contributed by atoms with E-state index in [1.165, 1.54) is 0 Å². The van der Waals surface area contributed by atoms with E-state index in [4.69, 9.17) is 9.84 Å². The first-order valence-corrected chi connectivity index (χ1v) is 5.30. The molecule has 0 bridgehead atoms. The summed E-state index contributed by atoms with van der Waals surface area (Å²) < 4.78 is 5.91. The summed E-state index contributed by atoms with van der Waals surface area (Å²) in [6.07, 6.45) is 4.56. The molecule has 2 fully saturated rings. The minimum Gasteiger partial charge on any atom is -0.396 e. The largest absolute Gasteiger partial charge is 0.396 e. The number of ether oxygens (including phenoxy) is 1. The third-order valence-electron chi connectivity index (χ3n) is 3.41. The summed E-state index contributed by atoms with van der Waals surface area (Å²) in [6.45, 7) is 3.22. The lowest BCUT2D eigenvalue weighted by Gasteiger charge is -2.42. The van der Waals surface area contributed by atoms with Crippen LogP contribution in [0, 0.1) is 5.92 Å². The number of piperidine rings is 1. The first-order chi connectivity index (χ1) is 6.35. The van der Waals surface area contributed by atoms with E-state index in [0.717, 1.165) is 45.4 Å². The molecule has 2 rings (SSSR count). The molecule has 1 atom stereocenters. The van der Waals surface area contributed by atoms with Gasteiger partial charge in [-0.15, -0.1) is 0 Å². The molecule has 2 aliphatic rings. The molecule has 2 aliphatic heterocycles. The molecule has 76 valence electrons. The van der Waals surface area contributed by atoms with Crippen molar-refractivity contribution in [3.63, 3.8) is 0 Å². The average molecular weight is 185 g/mol. The lowest BCUT2D eigenvalue weighted by atomic mass is 9.82. The number of hydrogen-bond donors (Lipinski definition) is 2. The zero-order valence-corrected chi connectivity index (χ0v) is 8.09. The van der Waals surface area contributed by atoms with Gasteiger partial charge < -0.3 is 15.2 Å². The van der Waals surface area contributed by atoms with Gasteiger partial charge in [0.15, 0.2) is 0 Å². The topological polar surface area (TPSA) is 41.5 Å². The molecule has 3 heteroatoms. The fourth-order valence-electron chi connectivity index (χ4n) is 2.34. The molecule has 2 saturated heterocycles. The molecule has 2 heterocycles. The van der Waals surface area contributed by atoms with Gasteiger partial charge in [-0.25, -0.2) is 0 Å². The van der Waals surface area contributed by atoms with Crippen LogP contribution in [0.5, 0.6) is 0 Å². The molecule has 3 nitrogen and oxygen atoms in total. The van der Waals surface area contributed by atoms with Gasteiger partial charge in [-0.3, -0.25) is 0 Å². The molecular formula is C10H19NO2. The number of aliphatic hydroxyl groups is 1. The Morgan fingerprint density at radius 1 is 1.31 bits per heavy atom. The van der Waals surface area contributed by atoms with E-state index in [-0.39, 0.29) is 12.2 Å². The van der Waals surface area contributed by atoms with Gasteiger partial charge in [-0.1, -0.05) is 0 Å². The van der Waals surface area contributed by atoms with Crippen molar-refractivity contribution >= 4 is 0 Å². The molecule has 13 heavy (non-hydrogen) atoms. The first kappa shape index (κ1) is 9.44. The minimum atomic E-state index is 0.164. The summed E-state index contributed by atoms with van der Waals surface area (Å²) in [5.74, 6) is 0.389. The van der Waals surface area contributed by atoms with Crippen molar-refractivity contribution in [1.82, 2.24) is 5.32 Å². The van der Waals surface area contributed by atoms with Crippen LogP contribution in [-0.2, 0) is 4.74 Å². The molecule has 0 radical (unpaired) electrons. The molecule has 0 saturated carbocycles. The Labute approximate surface area is 79.5 Å². The SMILES string of the molecule is OCC1CCC2(CCNCC2)OC1. The number of hydrogen-bond acceptors (Lipinski definition) is 3. The average Bonchev–Trinajstić information content (AvgIpc) is 2.20. The van der Waals surface area contributed by atoms with Crippen molar-refractivity contribution < 1.29 is 9.84 Å². The van der Waals surface area contributed by atoms with Crippen LogP contribution in [-0.4, -0.2) is 37.0 Å². The first-order valence-electron chi connectivity index (χ1n) is 5.30. The van der Waals surface area contributed by atoms with Crippen LogP contribution in [0.2, 0.25) is 0 Å². The highest BCUT2D eigenvalue weighted by molar-refractivity contribution is 4.89. The highest BCUT2D eigenvalue weighted by Crippen LogP contribution is 2.34. The van der Waals surface area contributed by atoms with Gasteiger partial charge in [0.25, 0.3) is 0 Å². The van der Waals surface area contributed by atoms with Crippen molar-refractivity contribution in [3.05, 3.63) is 0 Å². The van der Waals surface area contributed by atoms with Crippen LogP contribution in [0.1, 0.15) is 25.7 Å². The molecule has 0 aromatic carbocycles. The Hall–Kier alpha value is -0.120. The predicted octanol–water partition coefficient (Wildman–Crippen LogP) is 0.527. The quantitative estimate of drug-likeness (QED) is 0.626. The standard InChI is InChI=1S/C10H19NO2/c12-7-9-1-2-10(13-8-9)3-5-11-6-4-10/h9,11-12H,1-8H2. The summed E-state index contributed by atoms with van der Waals surface area (Å²) in [5.41, 5.74) is 0.164. The van der Waals surface area contributed by atoms with Crippen LogP contribution < -0.4 is 5.32 Å². The van der Waals surface area contributed by atoms with Gasteiger partial charge in [0.2, 0.25) is 0 Å². The minimum absolute atomic E-state index is 0.164. The molecule has 1 spiro atoms. The highest BCUT2D eigenvalue weighted by atomic mass is 16.5. The van der Waals surface area contributed by atoms with E-state index in [2.05, 4.69) is 5.32 Å². The highest BCUT2D eigenvalue weighted by Gasteiger charge is 2.36. The van der Waals surface area contributed by atoms with Crippen molar-refractivity contribution in [1.29, 1.82) is 0 Å². The molecule has 0 amide bonds. The van der Waals surface area contributed by atoms with Crippen LogP contribution in [0.4, 0.5) is 0 Å². The van der Waals surface area contributed by atoms with E-state index in [9.17, 15) is 0 Å². The Morgan fingerprint density at radius 3 is 2.62 bits per heavy atom. The summed E-state index contributed by atoms with van der Waals surface area (Å²) >= 11 is 0. The van der Waals surface area contributed by atoms with Gasteiger partial charge in [0, 0.05) is 12.5 Å². The van der Waals surface area contributed by atoms with E-state index >= 15 is 0 Å². The summed E-state index contributed by atoms with van der Waals surface area (Å²) in [4.78, 5) is 0. The monoisotopic (exact) mass is 185 g/mol. The molecule has 1 unspecified atom stereocenters. The second-order valence-electron chi connectivity index (χ2n) is 4.33. The molecule has 0 aliphatic carbocycles. The number of aliphatic hydroxyl groups excluding tert-OH is 1. The van der Waals surface area contributed by atoms with Gasteiger partial charge in [0.05, 0.1) is 12.2 Å². The van der Waals surface area contributed by atoms with Crippen molar-refractivity contribution in [2.75, 3.05) is 26.3 Å². The van der Waals surface area contributed by atoms with E-state index < -0.39 is 0 Å². The van der Waals surface area contributed by atoms with Crippen molar-refractivity contribution in [2.45, 2.75) is 31.3 Å². The third-order valence-corrected chi connectivity index (χ3v) is 3.41. The third kappa shape index (κ3) is 2.03. The van der Waals surface area contributed by atoms with Gasteiger partial charge in [-0.2, -0.15) is 0 Å². The number of rotatable bonds is 1. The van der Waals surface area contributed by atoms with Crippen LogP contribution in [0.3, 0.4) is 0 Å². The summed E-state index contributed by atoms with van der Waals surface area (Å²) in [5, 5.41) is 12.3. The van der Waals surface area contributed by atoms with Gasteiger partial charge >= 0.3 is 0 Å². The number of nitrogens with one attached hydrogen (secondary N) is 1. The maximum atomic E-state index is 8.99. The Balaban J connectivity index is 1.87. The van der Waals surface area contributed by atoms with Crippen LogP contribution in [0.25, 0.3) is 0 Å². The Bertz CT molecular complexity index is 156. The fourth-order valence-corrected chi connectivity index (χ4v) is 2.34. The zero-order valence-electron chi connectivity index (χ0n) is 8.09. The smallest absolute Gasteiger partial charge is 0.0707 e. The second kappa shape index (κ2) is 3.95. The van der Waals surface area contributed by atoms with Crippen molar-refractivity contribution in [3.8, 4) is 0 Å². The molecule has 2 N–H and O–H groups in total. The molecule has 0 aromatic heterocycles. The normalized spacial score (nSPS) is 33.5. The van der Waals surface area contributed by atoms with Crippen molar-refractivity contribution in [2.24, 2.45) is 5.92 Å². The molecule has 0 aromatic rings. The van der Waals surface area contributed by atoms with E-state index in [1.54, 1.807) is 0 Å². The van der Waals surface area contributed by atoms with Gasteiger partial charge in [0.1, 0.15) is 0 Å². The Morgan fingerprint density at radius 2 is 2.08 bits per heavy atom. The lowest BCUT2D eigenvalue weighted by Crippen LogP contribution is -2.47. The molecular weight excluding hydrogens is 166 g/mol. The van der Waals surface area contributed by atoms with Crippen LogP contribution in [0.15, 0.2) is 0 Å². The second-order valence-corrected chi connectivity index (χ2v) is 4.33. The zero-order chi connectivity index (χ0) is 9.15. The van der Waals surface area contributed by atoms with E-state index in [0.29, 0.717) is 5.92 Å². The lowest BCUT2D eigenvalue weighted by molar-refractivity contribution is -0.122. The Kier molecular flexibility index (Phi) is 2.86. The maximum absolute atomic E-state index is 8.99. The summed E-state index contributed by atoms with van der Waals surface area (Å²) in [6, 6.07) is 0. The van der Waals surface area contributed by atoms with E-state index in [1.807, 2.05) is 0 Å². The maximum Gasteiger partial charge on any atom is 0.0707 e. The predicted molar refractivity (Wildman–Crippen MR) is 50.6 cm³/mol. The summed E-state index contributed by atoms with van der Waals surface area (Å²) in [7, 11) is 0. The van der Waals surface area contributed by atoms with Gasteiger partial charge in [-0.05, 0) is 38.8 Å². The van der Waals surface area contributed by atoms with Crippen LogP contribution >= 0.6 is 0 Å².